The van der Waals surface area contributed by atoms with Crippen LogP contribution in [0.15, 0.2) is 18.5 Å². The van der Waals surface area contributed by atoms with Gasteiger partial charge in [-0.25, -0.2) is 0 Å². The van der Waals surface area contributed by atoms with Gasteiger partial charge in [0.1, 0.15) is 0 Å². The van der Waals surface area contributed by atoms with Gasteiger partial charge in [-0.1, -0.05) is 0 Å². The van der Waals surface area contributed by atoms with E-state index in [-0.39, 0.29) is 11.3 Å². The van der Waals surface area contributed by atoms with Crippen molar-refractivity contribution in [2.45, 2.75) is 25.1 Å². The fraction of sp³-hybridized carbons (Fsp3) is 0.500. The first-order valence-electron chi connectivity index (χ1n) is 4.89. The number of carbonyl (C=O) groups is 1. The molecule has 5 heteroatoms. The Balaban J connectivity index is 2.25. The molecule has 0 saturated carbocycles. The molecule has 0 radical (unpaired) electrons. The van der Waals surface area contributed by atoms with Crippen LogP contribution < -0.4 is 5.32 Å². The Bertz CT molecular complexity index is 303. The van der Waals surface area contributed by atoms with Crippen molar-refractivity contribution in [1.29, 1.82) is 0 Å². The van der Waals surface area contributed by atoms with E-state index in [2.05, 4.69) is 15.5 Å². The first kappa shape index (κ1) is 11.9. The predicted molar refractivity (Wildman–Crippen MR) is 58.9 cm³/mol. The Morgan fingerprint density at radius 3 is 3.00 bits per heavy atom. The molecule has 1 aromatic heterocycles. The quantitative estimate of drug-likeness (QED) is 0.614. The number of rotatable bonds is 5. The smallest absolute Gasteiger partial charge is 0.252 e. The second-order valence-electron chi connectivity index (χ2n) is 3.31. The third kappa shape index (κ3) is 4.74. The molecule has 0 aliphatic rings. The molecule has 0 aromatic carbocycles. The molecule has 1 atom stereocenters. The molecule has 4 nitrogen and oxygen atoms in total. The number of nitrogens with one attached hydrogen (secondary N) is 1. The maximum absolute atomic E-state index is 11.5. The van der Waals surface area contributed by atoms with Gasteiger partial charge in [0, 0.05) is 11.9 Å². The molecule has 1 rings (SSSR count). The van der Waals surface area contributed by atoms with Gasteiger partial charge in [-0.3, -0.25) is 4.79 Å². The van der Waals surface area contributed by atoms with Crippen LogP contribution in [0.25, 0.3) is 0 Å². The topological polar surface area (TPSA) is 54.9 Å². The largest absolute Gasteiger partial charge is 0.352 e. The van der Waals surface area contributed by atoms with Gasteiger partial charge >= 0.3 is 0 Å². The van der Waals surface area contributed by atoms with Crippen molar-refractivity contribution in [3.8, 4) is 0 Å². The van der Waals surface area contributed by atoms with E-state index in [1.807, 2.05) is 6.92 Å². The van der Waals surface area contributed by atoms with Crippen molar-refractivity contribution < 1.29 is 4.79 Å². The van der Waals surface area contributed by atoms with Crippen LogP contribution in [0.5, 0.6) is 0 Å². The summed E-state index contributed by atoms with van der Waals surface area (Å²) in [5.74, 6) is -0.118. The zero-order valence-corrected chi connectivity index (χ0v) is 9.37. The average molecular weight is 228 g/mol. The zero-order valence-electron chi connectivity index (χ0n) is 8.61. The summed E-state index contributed by atoms with van der Waals surface area (Å²) in [6, 6.07) is 1.63. The predicted octanol–water partition coefficient (Wildman–Crippen LogP) is 1.61. The van der Waals surface area contributed by atoms with E-state index in [0.29, 0.717) is 12.1 Å². The van der Waals surface area contributed by atoms with Crippen molar-refractivity contribution in [2.75, 3.05) is 6.54 Å². The highest BCUT2D eigenvalue weighted by Crippen LogP contribution is 2.02. The summed E-state index contributed by atoms with van der Waals surface area (Å²) in [5, 5.41) is 10.2. The number of hydrogen-bond acceptors (Lipinski definition) is 3. The third-order valence-corrected chi connectivity index (χ3v) is 2.13. The van der Waals surface area contributed by atoms with E-state index in [1.54, 1.807) is 6.07 Å². The van der Waals surface area contributed by atoms with Gasteiger partial charge < -0.3 is 5.32 Å². The molecule has 0 aliphatic heterocycles. The fourth-order valence-corrected chi connectivity index (χ4v) is 1.27. The molecule has 15 heavy (non-hydrogen) atoms. The lowest BCUT2D eigenvalue weighted by atomic mass is 10.2. The van der Waals surface area contributed by atoms with Gasteiger partial charge in [0.25, 0.3) is 5.91 Å². The molecule has 1 amide bonds. The first-order valence-corrected chi connectivity index (χ1v) is 5.33. The molecule has 0 fully saturated rings. The summed E-state index contributed by atoms with van der Waals surface area (Å²) >= 11 is 5.78. The van der Waals surface area contributed by atoms with Gasteiger partial charge in [0.2, 0.25) is 0 Å². The lowest BCUT2D eigenvalue weighted by Gasteiger charge is -2.05. The number of nitrogens with zero attached hydrogens (tertiary/aromatic N) is 2. The van der Waals surface area contributed by atoms with Gasteiger partial charge in [-0.05, 0) is 25.8 Å². The van der Waals surface area contributed by atoms with Gasteiger partial charge in [0.05, 0.1) is 18.0 Å². The van der Waals surface area contributed by atoms with E-state index >= 15 is 0 Å². The Morgan fingerprint density at radius 2 is 2.40 bits per heavy atom. The molecule has 0 spiro atoms. The number of aromatic nitrogens is 2. The highest BCUT2D eigenvalue weighted by Gasteiger charge is 2.04. The van der Waals surface area contributed by atoms with E-state index in [1.165, 1.54) is 12.4 Å². The molecule has 82 valence electrons. The summed E-state index contributed by atoms with van der Waals surface area (Å²) in [4.78, 5) is 11.5. The Hall–Kier alpha value is -1.16. The molecule has 1 aromatic rings. The summed E-state index contributed by atoms with van der Waals surface area (Å²) in [5.41, 5.74) is 0.531. The highest BCUT2D eigenvalue weighted by molar-refractivity contribution is 6.20. The fourth-order valence-electron chi connectivity index (χ4n) is 1.11. The van der Waals surface area contributed by atoms with Crippen LogP contribution in [0.2, 0.25) is 0 Å². The third-order valence-electron chi connectivity index (χ3n) is 1.91. The summed E-state index contributed by atoms with van der Waals surface area (Å²) < 4.78 is 0. The van der Waals surface area contributed by atoms with Crippen LogP contribution in [0.4, 0.5) is 0 Å². The molecule has 0 saturated heterocycles. The van der Waals surface area contributed by atoms with Crippen molar-refractivity contribution in [3.05, 3.63) is 24.0 Å². The minimum atomic E-state index is -0.118. The number of carbonyl (C=O) groups excluding carboxylic acids is 1. The van der Waals surface area contributed by atoms with E-state index in [0.717, 1.165) is 12.8 Å². The second kappa shape index (κ2) is 6.35. The van der Waals surface area contributed by atoms with Crippen LogP contribution in [0, 0.1) is 0 Å². The van der Waals surface area contributed by atoms with Crippen LogP contribution in [0.3, 0.4) is 0 Å². The molecule has 0 aliphatic carbocycles. The van der Waals surface area contributed by atoms with E-state index in [9.17, 15) is 4.79 Å². The minimum Gasteiger partial charge on any atom is -0.352 e. The maximum atomic E-state index is 11.5. The van der Waals surface area contributed by atoms with Crippen LogP contribution in [-0.2, 0) is 0 Å². The van der Waals surface area contributed by atoms with Crippen molar-refractivity contribution in [1.82, 2.24) is 15.5 Å². The summed E-state index contributed by atoms with van der Waals surface area (Å²) in [6.45, 7) is 2.58. The minimum absolute atomic E-state index is 0.118. The zero-order chi connectivity index (χ0) is 11.1. The number of amides is 1. The van der Waals surface area contributed by atoms with Crippen molar-refractivity contribution >= 4 is 17.5 Å². The lowest BCUT2D eigenvalue weighted by molar-refractivity contribution is 0.0952. The summed E-state index contributed by atoms with van der Waals surface area (Å²) in [7, 11) is 0. The Kier molecular flexibility index (Phi) is 5.04. The number of halogens is 1. The van der Waals surface area contributed by atoms with Gasteiger partial charge in [-0.15, -0.1) is 11.6 Å². The Morgan fingerprint density at radius 1 is 1.60 bits per heavy atom. The maximum Gasteiger partial charge on any atom is 0.252 e. The lowest BCUT2D eigenvalue weighted by Crippen LogP contribution is -2.24. The molecule has 1 N–H and O–H groups in total. The van der Waals surface area contributed by atoms with Crippen molar-refractivity contribution in [2.24, 2.45) is 0 Å². The van der Waals surface area contributed by atoms with Gasteiger partial charge in [0.15, 0.2) is 0 Å². The molecular formula is C10H14ClN3O. The second-order valence-corrected chi connectivity index (χ2v) is 4.06. The summed E-state index contributed by atoms with van der Waals surface area (Å²) in [6.07, 6.45) is 4.72. The average Bonchev–Trinajstić information content (AvgIpc) is 2.25. The normalized spacial score (nSPS) is 12.1. The number of hydrogen-bond donors (Lipinski definition) is 1. The Labute approximate surface area is 94.0 Å². The molecule has 1 unspecified atom stereocenters. The van der Waals surface area contributed by atoms with Crippen molar-refractivity contribution in [3.63, 3.8) is 0 Å². The highest BCUT2D eigenvalue weighted by atomic mass is 35.5. The van der Waals surface area contributed by atoms with Crippen LogP contribution in [0.1, 0.15) is 30.1 Å². The first-order chi connectivity index (χ1) is 7.20. The number of alkyl halides is 1. The van der Waals surface area contributed by atoms with Crippen LogP contribution in [-0.4, -0.2) is 28.0 Å². The van der Waals surface area contributed by atoms with Gasteiger partial charge in [-0.2, -0.15) is 10.2 Å². The molecular weight excluding hydrogens is 214 g/mol. The molecule has 1 heterocycles. The van der Waals surface area contributed by atoms with E-state index in [4.69, 9.17) is 11.6 Å². The SMILES string of the molecule is CC(Cl)CCCNC(=O)c1ccnnc1. The monoisotopic (exact) mass is 227 g/mol. The standard InChI is InChI=1S/C10H14ClN3O/c1-8(11)3-2-5-12-10(15)9-4-6-13-14-7-9/h4,6-8H,2-3,5H2,1H3,(H,12,15). The van der Waals surface area contributed by atoms with E-state index < -0.39 is 0 Å². The van der Waals surface area contributed by atoms with Crippen LogP contribution >= 0.6 is 11.6 Å². The molecule has 0 bridgehead atoms.